The largest absolute Gasteiger partial charge is 0.380 e. The number of anilines is 1. The number of carbonyl (C=O) groups excluding carboxylic acids is 4. The maximum atomic E-state index is 12.8. The number of rotatable bonds is 10. The number of benzene rings is 2. The first-order valence-corrected chi connectivity index (χ1v) is 12.3. The summed E-state index contributed by atoms with van der Waals surface area (Å²) in [6, 6.07) is 10.0. The van der Waals surface area contributed by atoms with Gasteiger partial charge in [0.05, 0.1) is 19.6 Å². The predicted octanol–water partition coefficient (Wildman–Crippen LogP) is 2.06. The van der Waals surface area contributed by atoms with Crippen LogP contribution in [0.15, 0.2) is 36.4 Å². The van der Waals surface area contributed by atoms with Gasteiger partial charge in [-0.3, -0.25) is 24.5 Å². The minimum Gasteiger partial charge on any atom is -0.380 e. The molecule has 10 heteroatoms. The van der Waals surface area contributed by atoms with Gasteiger partial charge < -0.3 is 20.3 Å². The molecule has 1 saturated heterocycles. The van der Waals surface area contributed by atoms with Crippen molar-refractivity contribution >= 4 is 40.9 Å². The van der Waals surface area contributed by atoms with Crippen molar-refractivity contribution in [3.63, 3.8) is 0 Å². The number of nitrogens with one attached hydrogen (secondary N) is 3. The number of hydrogen-bond acceptors (Lipinski definition) is 6. The summed E-state index contributed by atoms with van der Waals surface area (Å²) in [5.41, 5.74) is 3.58. The number of hydrogen-bond donors (Lipinski definition) is 3. The van der Waals surface area contributed by atoms with Crippen LogP contribution in [0, 0.1) is 0 Å². The Bertz CT molecular complexity index is 1180. The van der Waals surface area contributed by atoms with Crippen LogP contribution in [0.3, 0.4) is 0 Å². The molecule has 2 aliphatic rings. The van der Waals surface area contributed by atoms with Crippen molar-refractivity contribution in [3.05, 3.63) is 63.7 Å². The second kappa shape index (κ2) is 11.6. The third-order valence-corrected chi connectivity index (χ3v) is 6.65. The van der Waals surface area contributed by atoms with Gasteiger partial charge in [-0.15, -0.1) is 0 Å². The van der Waals surface area contributed by atoms with Crippen LogP contribution in [0.25, 0.3) is 0 Å². The fraction of sp³-hybridized carbons (Fsp3) is 0.385. The van der Waals surface area contributed by atoms with Crippen molar-refractivity contribution in [2.75, 3.05) is 32.1 Å². The van der Waals surface area contributed by atoms with E-state index in [0.29, 0.717) is 42.3 Å². The number of nitrogens with zero attached hydrogens (tertiary/aromatic N) is 1. The van der Waals surface area contributed by atoms with E-state index in [4.69, 9.17) is 16.3 Å². The molecule has 190 valence electrons. The van der Waals surface area contributed by atoms with Gasteiger partial charge in [0, 0.05) is 35.8 Å². The Morgan fingerprint density at radius 2 is 2.00 bits per heavy atom. The molecule has 2 aromatic carbocycles. The second-order valence-corrected chi connectivity index (χ2v) is 9.30. The van der Waals surface area contributed by atoms with E-state index in [-0.39, 0.29) is 37.1 Å². The zero-order chi connectivity index (χ0) is 25.7. The van der Waals surface area contributed by atoms with E-state index in [9.17, 15) is 19.2 Å². The number of ether oxygens (including phenoxy) is 1. The Morgan fingerprint density at radius 3 is 2.75 bits per heavy atom. The maximum Gasteiger partial charge on any atom is 0.255 e. The lowest BCUT2D eigenvalue weighted by Gasteiger charge is -2.29. The molecule has 0 saturated carbocycles. The number of halogens is 1. The van der Waals surface area contributed by atoms with E-state index in [1.165, 1.54) is 4.90 Å². The minimum atomic E-state index is -0.665. The standard InChI is InChI=1S/C26H29ClN4O5/c1-28-9-11-36-10-8-17-3-4-19(14-21(17)27)29-24(33)13-16-2-5-20-18(12-16)15-31(26(20)35)22-6-7-23(32)30-25(22)34/h2-5,12,14,22,28H,6-11,13,15H2,1H3,(H,29,33)(H,30,32,34). The maximum absolute atomic E-state index is 12.8. The summed E-state index contributed by atoms with van der Waals surface area (Å²) in [7, 11) is 1.87. The topological polar surface area (TPSA) is 117 Å². The number of piperidine rings is 1. The minimum absolute atomic E-state index is 0.124. The molecule has 0 spiro atoms. The van der Waals surface area contributed by atoms with Crippen molar-refractivity contribution in [2.45, 2.75) is 38.3 Å². The molecule has 2 aliphatic heterocycles. The van der Waals surface area contributed by atoms with Crippen LogP contribution in [0.5, 0.6) is 0 Å². The van der Waals surface area contributed by atoms with E-state index in [0.717, 1.165) is 23.2 Å². The van der Waals surface area contributed by atoms with Gasteiger partial charge in [-0.25, -0.2) is 0 Å². The molecule has 1 atom stereocenters. The predicted molar refractivity (Wildman–Crippen MR) is 135 cm³/mol. The molecule has 36 heavy (non-hydrogen) atoms. The summed E-state index contributed by atoms with van der Waals surface area (Å²) in [6.45, 7) is 2.26. The summed E-state index contributed by atoms with van der Waals surface area (Å²) in [5, 5.41) is 8.74. The van der Waals surface area contributed by atoms with Crippen molar-refractivity contribution in [1.29, 1.82) is 0 Å². The summed E-state index contributed by atoms with van der Waals surface area (Å²) in [4.78, 5) is 50.6. The summed E-state index contributed by atoms with van der Waals surface area (Å²) >= 11 is 6.38. The molecule has 3 N–H and O–H groups in total. The van der Waals surface area contributed by atoms with Crippen LogP contribution in [-0.4, -0.2) is 61.4 Å². The van der Waals surface area contributed by atoms with Crippen LogP contribution in [0.4, 0.5) is 5.69 Å². The van der Waals surface area contributed by atoms with E-state index in [2.05, 4.69) is 16.0 Å². The van der Waals surface area contributed by atoms with E-state index in [1.54, 1.807) is 18.2 Å². The average Bonchev–Trinajstić information content (AvgIpc) is 3.15. The number of likely N-dealkylation sites (N-methyl/N-ethyl adjacent to an activating group) is 1. The SMILES string of the molecule is CNCCOCCc1ccc(NC(=O)Cc2ccc3c(c2)CN(C2CCC(=O)NC2=O)C3=O)cc1Cl. The third-order valence-electron chi connectivity index (χ3n) is 6.30. The lowest BCUT2D eigenvalue weighted by molar-refractivity contribution is -0.137. The normalized spacial score (nSPS) is 17.2. The van der Waals surface area contributed by atoms with E-state index in [1.807, 2.05) is 25.2 Å². The van der Waals surface area contributed by atoms with Crippen LogP contribution in [-0.2, 0) is 38.5 Å². The van der Waals surface area contributed by atoms with Crippen molar-refractivity contribution in [2.24, 2.45) is 0 Å². The van der Waals surface area contributed by atoms with Gasteiger partial charge in [-0.2, -0.15) is 0 Å². The third kappa shape index (κ3) is 6.10. The fourth-order valence-electron chi connectivity index (χ4n) is 4.41. The van der Waals surface area contributed by atoms with Gasteiger partial charge in [0.1, 0.15) is 6.04 Å². The lowest BCUT2D eigenvalue weighted by Crippen LogP contribution is -2.52. The van der Waals surface area contributed by atoms with Crippen LogP contribution >= 0.6 is 11.6 Å². The Balaban J connectivity index is 1.33. The molecule has 0 bridgehead atoms. The molecule has 0 radical (unpaired) electrons. The van der Waals surface area contributed by atoms with Crippen molar-refractivity contribution < 1.29 is 23.9 Å². The van der Waals surface area contributed by atoms with Gasteiger partial charge in [-0.1, -0.05) is 29.8 Å². The first-order chi connectivity index (χ1) is 17.4. The average molecular weight is 513 g/mol. The molecule has 0 aliphatic carbocycles. The summed E-state index contributed by atoms with van der Waals surface area (Å²) < 4.78 is 5.53. The molecule has 1 fully saturated rings. The number of carbonyl (C=O) groups is 4. The first-order valence-electron chi connectivity index (χ1n) is 11.9. The highest BCUT2D eigenvalue weighted by Crippen LogP contribution is 2.28. The molecule has 0 aromatic heterocycles. The highest BCUT2D eigenvalue weighted by molar-refractivity contribution is 6.31. The summed E-state index contributed by atoms with van der Waals surface area (Å²) in [5.74, 6) is -1.21. The molecule has 1 unspecified atom stereocenters. The fourth-order valence-corrected chi connectivity index (χ4v) is 4.69. The van der Waals surface area contributed by atoms with E-state index < -0.39 is 11.9 Å². The first kappa shape index (κ1) is 25.8. The molecular formula is C26H29ClN4O5. The van der Waals surface area contributed by atoms with E-state index >= 15 is 0 Å². The van der Waals surface area contributed by atoms with Crippen LogP contribution in [0.1, 0.15) is 39.9 Å². The zero-order valence-corrected chi connectivity index (χ0v) is 20.8. The van der Waals surface area contributed by atoms with Crippen molar-refractivity contribution in [1.82, 2.24) is 15.5 Å². The smallest absolute Gasteiger partial charge is 0.255 e. The molecular weight excluding hydrogens is 484 g/mol. The van der Waals surface area contributed by atoms with Crippen molar-refractivity contribution in [3.8, 4) is 0 Å². The Labute approximate surface area is 214 Å². The molecule has 9 nitrogen and oxygen atoms in total. The molecule has 4 amide bonds. The second-order valence-electron chi connectivity index (χ2n) is 8.89. The lowest BCUT2D eigenvalue weighted by atomic mass is 10.0. The van der Waals surface area contributed by atoms with Gasteiger partial charge in [0.15, 0.2) is 0 Å². The number of amides is 4. The highest BCUT2D eigenvalue weighted by atomic mass is 35.5. The molecule has 4 rings (SSSR count). The Morgan fingerprint density at radius 1 is 1.17 bits per heavy atom. The quantitative estimate of drug-likeness (QED) is 0.331. The van der Waals surface area contributed by atoms with Gasteiger partial charge in [-0.05, 0) is 54.8 Å². The Kier molecular flexibility index (Phi) is 8.35. The number of imide groups is 1. The monoisotopic (exact) mass is 512 g/mol. The zero-order valence-electron chi connectivity index (χ0n) is 20.1. The van der Waals surface area contributed by atoms with Gasteiger partial charge in [0.25, 0.3) is 5.91 Å². The number of fused-ring (bicyclic) bond motifs is 1. The van der Waals surface area contributed by atoms with Gasteiger partial charge in [0.2, 0.25) is 17.7 Å². The van der Waals surface area contributed by atoms with Crippen LogP contribution < -0.4 is 16.0 Å². The molecule has 2 aromatic rings. The highest BCUT2D eigenvalue weighted by Gasteiger charge is 2.39. The summed E-state index contributed by atoms with van der Waals surface area (Å²) in [6.07, 6.45) is 1.32. The molecule has 2 heterocycles. The van der Waals surface area contributed by atoms with Gasteiger partial charge >= 0.3 is 0 Å². The Hall–Kier alpha value is -3.27. The van der Waals surface area contributed by atoms with Crippen LogP contribution in [0.2, 0.25) is 5.02 Å².